The van der Waals surface area contributed by atoms with E-state index in [2.05, 4.69) is 20.5 Å². The van der Waals surface area contributed by atoms with E-state index in [1.54, 1.807) is 18.2 Å². The molecule has 0 unspecified atom stereocenters. The maximum absolute atomic E-state index is 10.5. The summed E-state index contributed by atoms with van der Waals surface area (Å²) in [5.41, 5.74) is 3.47. The van der Waals surface area contributed by atoms with Crippen molar-refractivity contribution in [1.82, 2.24) is 9.97 Å². The van der Waals surface area contributed by atoms with Gasteiger partial charge in [-0.1, -0.05) is 0 Å². The van der Waals surface area contributed by atoms with E-state index in [1.165, 1.54) is 31.8 Å². The molecule has 102 valence electrons. The fourth-order valence-corrected chi connectivity index (χ4v) is 1.37. The summed E-state index contributed by atoms with van der Waals surface area (Å²) >= 11 is 0. The molecule has 0 aliphatic heterocycles. The van der Waals surface area contributed by atoms with Gasteiger partial charge in [0.2, 0.25) is 5.88 Å². The molecule has 0 aliphatic rings. The summed E-state index contributed by atoms with van der Waals surface area (Å²) in [6, 6.07) is 7.62. The van der Waals surface area contributed by atoms with Gasteiger partial charge in [-0.25, -0.2) is 9.97 Å². The molecule has 0 saturated carbocycles. The maximum Gasteiger partial charge on any atom is 0.269 e. The Balaban J connectivity index is 2.00. The van der Waals surface area contributed by atoms with Crippen molar-refractivity contribution in [1.29, 1.82) is 0 Å². The highest BCUT2D eigenvalue weighted by molar-refractivity contribution is 5.80. The summed E-state index contributed by atoms with van der Waals surface area (Å²) in [4.78, 5) is 17.9. The molecule has 8 nitrogen and oxygen atoms in total. The van der Waals surface area contributed by atoms with Gasteiger partial charge in [0.15, 0.2) is 5.82 Å². The lowest BCUT2D eigenvalue weighted by molar-refractivity contribution is -0.384. The zero-order chi connectivity index (χ0) is 14.4. The lowest BCUT2D eigenvalue weighted by Crippen LogP contribution is -1.96. The quantitative estimate of drug-likeness (QED) is 0.506. The number of benzene rings is 1. The summed E-state index contributed by atoms with van der Waals surface area (Å²) in [6.07, 6.45) is 2.88. The standard InChI is InChI=1S/C12H11N5O3/c1-20-12-6-11(13-8-14-12)16-15-7-9-2-4-10(5-3-9)17(18)19/h2-8H,1H3,(H,13,14,16)/b15-7-. The number of non-ortho nitro benzene ring substituents is 1. The summed E-state index contributed by atoms with van der Waals surface area (Å²) in [7, 11) is 1.51. The van der Waals surface area contributed by atoms with Gasteiger partial charge >= 0.3 is 0 Å². The topological polar surface area (TPSA) is 103 Å². The van der Waals surface area contributed by atoms with Crippen LogP contribution in [0.2, 0.25) is 0 Å². The number of nitro groups is 1. The van der Waals surface area contributed by atoms with Crippen molar-refractivity contribution >= 4 is 17.7 Å². The number of rotatable bonds is 5. The third-order valence-corrected chi connectivity index (χ3v) is 2.35. The first-order chi connectivity index (χ1) is 9.69. The Morgan fingerprint density at radius 2 is 2.10 bits per heavy atom. The molecule has 0 amide bonds. The molecule has 0 atom stereocenters. The van der Waals surface area contributed by atoms with Crippen LogP contribution in [0, 0.1) is 10.1 Å². The lowest BCUT2D eigenvalue weighted by atomic mass is 10.2. The van der Waals surface area contributed by atoms with Gasteiger partial charge in [0.05, 0.1) is 18.2 Å². The van der Waals surface area contributed by atoms with E-state index < -0.39 is 4.92 Å². The summed E-state index contributed by atoms with van der Waals surface area (Å²) in [5.74, 6) is 0.906. The van der Waals surface area contributed by atoms with E-state index in [0.717, 1.165) is 5.56 Å². The molecule has 0 bridgehead atoms. The molecule has 1 heterocycles. The van der Waals surface area contributed by atoms with Crippen molar-refractivity contribution in [2.24, 2.45) is 5.10 Å². The second kappa shape index (κ2) is 6.23. The predicted octanol–water partition coefficient (Wildman–Crippen LogP) is 1.84. The average molecular weight is 273 g/mol. The Morgan fingerprint density at radius 1 is 1.35 bits per heavy atom. The van der Waals surface area contributed by atoms with Gasteiger partial charge in [0, 0.05) is 18.2 Å². The number of nitro benzene ring substituents is 1. The molecule has 0 spiro atoms. The number of hydrazone groups is 1. The van der Waals surface area contributed by atoms with Gasteiger partial charge in [0.25, 0.3) is 5.69 Å². The minimum absolute atomic E-state index is 0.0376. The number of ether oxygens (including phenoxy) is 1. The molecule has 0 saturated heterocycles. The van der Waals surface area contributed by atoms with Crippen LogP contribution in [-0.4, -0.2) is 28.2 Å². The van der Waals surface area contributed by atoms with E-state index in [-0.39, 0.29) is 5.69 Å². The molecule has 1 aromatic carbocycles. The Bertz CT molecular complexity index is 627. The van der Waals surface area contributed by atoms with Gasteiger partial charge in [0.1, 0.15) is 6.33 Å². The molecule has 2 rings (SSSR count). The molecular formula is C12H11N5O3. The van der Waals surface area contributed by atoms with Gasteiger partial charge in [-0.15, -0.1) is 0 Å². The molecule has 2 aromatic rings. The molecule has 20 heavy (non-hydrogen) atoms. The number of nitrogens with one attached hydrogen (secondary N) is 1. The Hall–Kier alpha value is -3.03. The molecular weight excluding hydrogens is 262 g/mol. The van der Waals surface area contributed by atoms with Crippen LogP contribution in [0.25, 0.3) is 0 Å². The number of anilines is 1. The number of nitrogens with zero attached hydrogens (tertiary/aromatic N) is 4. The molecule has 1 aromatic heterocycles. The normalized spacial score (nSPS) is 10.4. The van der Waals surface area contributed by atoms with E-state index in [9.17, 15) is 10.1 Å². The van der Waals surface area contributed by atoms with E-state index >= 15 is 0 Å². The summed E-state index contributed by atoms with van der Waals surface area (Å²) in [5, 5.41) is 14.5. The smallest absolute Gasteiger partial charge is 0.269 e. The van der Waals surface area contributed by atoms with Crippen LogP contribution in [0.4, 0.5) is 11.5 Å². The van der Waals surface area contributed by atoms with Crippen LogP contribution in [0.1, 0.15) is 5.56 Å². The summed E-state index contributed by atoms with van der Waals surface area (Å²) in [6.45, 7) is 0. The van der Waals surface area contributed by atoms with Crippen molar-refractivity contribution in [3.8, 4) is 5.88 Å². The van der Waals surface area contributed by atoms with Gasteiger partial charge in [-0.05, 0) is 17.7 Å². The first-order valence-electron chi connectivity index (χ1n) is 5.58. The number of methoxy groups -OCH3 is 1. The van der Waals surface area contributed by atoms with Crippen LogP contribution >= 0.6 is 0 Å². The Morgan fingerprint density at radius 3 is 2.75 bits per heavy atom. The molecule has 0 fully saturated rings. The van der Waals surface area contributed by atoms with Gasteiger partial charge < -0.3 is 4.74 Å². The zero-order valence-electron chi connectivity index (χ0n) is 10.6. The van der Waals surface area contributed by atoms with Crippen molar-refractivity contribution in [3.63, 3.8) is 0 Å². The minimum atomic E-state index is -0.452. The van der Waals surface area contributed by atoms with Crippen LogP contribution in [0.15, 0.2) is 41.8 Å². The number of hydrogen-bond acceptors (Lipinski definition) is 7. The molecule has 0 aliphatic carbocycles. The first-order valence-corrected chi connectivity index (χ1v) is 5.58. The Kier molecular flexibility index (Phi) is 4.17. The Labute approximate surface area is 114 Å². The SMILES string of the molecule is COc1cc(N/N=C\c2ccc([N+](=O)[O-])cc2)ncn1. The predicted molar refractivity (Wildman–Crippen MR) is 72.9 cm³/mol. The van der Waals surface area contributed by atoms with Crippen LogP contribution in [0.3, 0.4) is 0 Å². The lowest BCUT2D eigenvalue weighted by Gasteiger charge is -2.01. The highest BCUT2D eigenvalue weighted by Gasteiger charge is 2.02. The van der Waals surface area contributed by atoms with Crippen LogP contribution in [0.5, 0.6) is 5.88 Å². The number of aromatic nitrogens is 2. The third kappa shape index (κ3) is 3.48. The van der Waals surface area contributed by atoms with Crippen molar-refractivity contribution in [3.05, 3.63) is 52.3 Å². The highest BCUT2D eigenvalue weighted by atomic mass is 16.6. The fourth-order valence-electron chi connectivity index (χ4n) is 1.37. The largest absolute Gasteiger partial charge is 0.481 e. The van der Waals surface area contributed by atoms with Crippen molar-refractivity contribution in [2.45, 2.75) is 0 Å². The monoisotopic (exact) mass is 273 g/mol. The maximum atomic E-state index is 10.5. The van der Waals surface area contributed by atoms with E-state index in [4.69, 9.17) is 4.74 Å². The average Bonchev–Trinajstić information content (AvgIpc) is 2.48. The summed E-state index contributed by atoms with van der Waals surface area (Å²) < 4.78 is 4.95. The number of hydrogen-bond donors (Lipinski definition) is 1. The molecule has 1 N–H and O–H groups in total. The fraction of sp³-hybridized carbons (Fsp3) is 0.0833. The van der Waals surface area contributed by atoms with Gasteiger partial charge in [-0.3, -0.25) is 15.5 Å². The minimum Gasteiger partial charge on any atom is -0.481 e. The van der Waals surface area contributed by atoms with E-state index in [1.807, 2.05) is 0 Å². The van der Waals surface area contributed by atoms with Crippen molar-refractivity contribution < 1.29 is 9.66 Å². The molecule has 8 heteroatoms. The third-order valence-electron chi connectivity index (χ3n) is 2.35. The van der Waals surface area contributed by atoms with E-state index in [0.29, 0.717) is 11.7 Å². The highest BCUT2D eigenvalue weighted by Crippen LogP contribution is 2.11. The van der Waals surface area contributed by atoms with Crippen LogP contribution < -0.4 is 10.2 Å². The first kappa shape index (κ1) is 13.4. The second-order valence-electron chi connectivity index (χ2n) is 3.66. The molecule has 0 radical (unpaired) electrons. The van der Waals surface area contributed by atoms with Gasteiger partial charge in [-0.2, -0.15) is 5.10 Å². The zero-order valence-corrected chi connectivity index (χ0v) is 10.6. The van der Waals surface area contributed by atoms with Crippen molar-refractivity contribution in [2.75, 3.05) is 12.5 Å². The second-order valence-corrected chi connectivity index (χ2v) is 3.66. The van der Waals surface area contributed by atoms with Crippen LogP contribution in [-0.2, 0) is 0 Å².